The molecule has 3 heteroatoms. The van der Waals surface area contributed by atoms with Gasteiger partial charge in [0.15, 0.2) is 0 Å². The number of hydrogen-bond donors (Lipinski definition) is 3. The van der Waals surface area contributed by atoms with Crippen LogP contribution in [0.25, 0.3) is 0 Å². The summed E-state index contributed by atoms with van der Waals surface area (Å²) in [5.74, 6) is 0. The van der Waals surface area contributed by atoms with Gasteiger partial charge in [0.2, 0.25) is 0 Å². The molecular weight excluding hydrogens is 162 g/mol. The third-order valence-electron chi connectivity index (χ3n) is 2.36. The van der Waals surface area contributed by atoms with Gasteiger partial charge < -0.3 is 16.4 Å². The summed E-state index contributed by atoms with van der Waals surface area (Å²) in [6.07, 6.45) is 0. The van der Waals surface area contributed by atoms with Crippen LogP contribution in [0.1, 0.15) is 12.5 Å². The molecule has 0 saturated carbocycles. The first kappa shape index (κ1) is 8.38. The lowest BCUT2D eigenvalue weighted by atomic mass is 10.1. The highest BCUT2D eigenvalue weighted by Gasteiger charge is 2.14. The van der Waals surface area contributed by atoms with E-state index in [4.69, 9.17) is 5.73 Å². The Labute approximate surface area is 78.3 Å². The van der Waals surface area contributed by atoms with Crippen molar-refractivity contribution in [2.45, 2.75) is 19.5 Å². The lowest BCUT2D eigenvalue weighted by Gasteiger charge is -2.27. The number of benzene rings is 1. The average molecular weight is 177 g/mol. The van der Waals surface area contributed by atoms with Crippen molar-refractivity contribution in [1.29, 1.82) is 0 Å². The van der Waals surface area contributed by atoms with Gasteiger partial charge in [0.1, 0.15) is 0 Å². The van der Waals surface area contributed by atoms with Gasteiger partial charge in [0.05, 0.1) is 11.4 Å². The maximum atomic E-state index is 5.65. The molecule has 1 heterocycles. The van der Waals surface area contributed by atoms with Crippen LogP contribution in [0.15, 0.2) is 18.2 Å². The summed E-state index contributed by atoms with van der Waals surface area (Å²) in [6, 6.07) is 6.64. The van der Waals surface area contributed by atoms with Gasteiger partial charge in [-0.3, -0.25) is 0 Å². The summed E-state index contributed by atoms with van der Waals surface area (Å²) < 4.78 is 0. The topological polar surface area (TPSA) is 50.1 Å². The second-order valence-electron chi connectivity index (χ2n) is 3.47. The highest BCUT2D eigenvalue weighted by Crippen LogP contribution is 2.29. The van der Waals surface area contributed by atoms with Crippen molar-refractivity contribution < 1.29 is 0 Å². The third kappa shape index (κ3) is 1.47. The van der Waals surface area contributed by atoms with Crippen molar-refractivity contribution in [2.75, 3.05) is 17.2 Å². The number of anilines is 2. The molecule has 1 atom stereocenters. The molecule has 13 heavy (non-hydrogen) atoms. The van der Waals surface area contributed by atoms with E-state index in [2.05, 4.69) is 29.7 Å². The molecule has 1 aromatic rings. The molecule has 1 aliphatic heterocycles. The Morgan fingerprint density at radius 2 is 2.38 bits per heavy atom. The van der Waals surface area contributed by atoms with Gasteiger partial charge in [0, 0.05) is 19.1 Å². The van der Waals surface area contributed by atoms with Gasteiger partial charge in [-0.05, 0) is 18.6 Å². The fourth-order valence-corrected chi connectivity index (χ4v) is 1.65. The zero-order valence-corrected chi connectivity index (χ0v) is 7.80. The Hall–Kier alpha value is -1.22. The van der Waals surface area contributed by atoms with Crippen molar-refractivity contribution in [2.24, 2.45) is 5.73 Å². The molecule has 3 nitrogen and oxygen atoms in total. The van der Waals surface area contributed by atoms with Gasteiger partial charge in [-0.25, -0.2) is 0 Å². The fourth-order valence-electron chi connectivity index (χ4n) is 1.65. The van der Waals surface area contributed by atoms with Gasteiger partial charge in [0.25, 0.3) is 0 Å². The summed E-state index contributed by atoms with van der Waals surface area (Å²) in [7, 11) is 0. The number of fused-ring (bicyclic) bond motifs is 1. The molecule has 0 saturated heterocycles. The monoisotopic (exact) mass is 177 g/mol. The van der Waals surface area contributed by atoms with E-state index < -0.39 is 0 Å². The van der Waals surface area contributed by atoms with Crippen LogP contribution in [0.3, 0.4) is 0 Å². The second kappa shape index (κ2) is 3.26. The lowest BCUT2D eigenvalue weighted by molar-refractivity contribution is 0.812. The lowest BCUT2D eigenvalue weighted by Crippen LogP contribution is -2.30. The highest BCUT2D eigenvalue weighted by molar-refractivity contribution is 5.74. The number of rotatable bonds is 1. The van der Waals surface area contributed by atoms with Crippen LogP contribution >= 0.6 is 0 Å². The van der Waals surface area contributed by atoms with Crippen molar-refractivity contribution >= 4 is 11.4 Å². The molecule has 1 unspecified atom stereocenters. The number of para-hydroxylation sites is 1. The van der Waals surface area contributed by atoms with E-state index in [1.807, 2.05) is 6.07 Å². The van der Waals surface area contributed by atoms with E-state index >= 15 is 0 Å². The van der Waals surface area contributed by atoms with Crippen LogP contribution in [-0.2, 0) is 6.54 Å². The van der Waals surface area contributed by atoms with Crippen LogP contribution in [0.5, 0.6) is 0 Å². The molecule has 4 N–H and O–H groups in total. The predicted molar refractivity (Wildman–Crippen MR) is 55.9 cm³/mol. The summed E-state index contributed by atoms with van der Waals surface area (Å²) >= 11 is 0. The van der Waals surface area contributed by atoms with E-state index in [9.17, 15) is 0 Å². The average Bonchev–Trinajstić information content (AvgIpc) is 2.17. The summed E-state index contributed by atoms with van der Waals surface area (Å²) in [6.45, 7) is 3.72. The number of nitrogens with one attached hydrogen (secondary N) is 2. The number of hydrogen-bond acceptors (Lipinski definition) is 3. The Morgan fingerprint density at radius 3 is 3.15 bits per heavy atom. The molecule has 0 aliphatic carbocycles. The molecule has 0 fully saturated rings. The van der Waals surface area contributed by atoms with Gasteiger partial charge >= 0.3 is 0 Å². The molecule has 0 bridgehead atoms. The minimum Gasteiger partial charge on any atom is -0.381 e. The Bertz CT molecular complexity index is 295. The van der Waals surface area contributed by atoms with E-state index in [-0.39, 0.29) is 0 Å². The zero-order valence-electron chi connectivity index (χ0n) is 7.80. The molecule has 0 aromatic heterocycles. The molecule has 1 aliphatic rings. The van der Waals surface area contributed by atoms with Crippen LogP contribution < -0.4 is 16.4 Å². The third-order valence-corrected chi connectivity index (χ3v) is 2.36. The molecule has 2 rings (SSSR count). The second-order valence-corrected chi connectivity index (χ2v) is 3.47. The molecule has 0 amide bonds. The molecule has 0 radical (unpaired) electrons. The van der Waals surface area contributed by atoms with Gasteiger partial charge in [-0.1, -0.05) is 12.1 Å². The molecule has 0 spiro atoms. The SMILES string of the molecule is CC1CNc2cccc(CN)c2N1. The normalized spacial score (nSPS) is 20.0. The van der Waals surface area contributed by atoms with Gasteiger partial charge in [-0.15, -0.1) is 0 Å². The molecule has 70 valence electrons. The van der Waals surface area contributed by atoms with Crippen molar-refractivity contribution in [3.05, 3.63) is 23.8 Å². The van der Waals surface area contributed by atoms with Crippen LogP contribution in [0, 0.1) is 0 Å². The predicted octanol–water partition coefficient (Wildman–Crippen LogP) is 1.37. The maximum absolute atomic E-state index is 5.65. The highest BCUT2D eigenvalue weighted by atomic mass is 15.1. The first-order valence-electron chi connectivity index (χ1n) is 4.63. The van der Waals surface area contributed by atoms with Crippen LogP contribution in [-0.4, -0.2) is 12.6 Å². The van der Waals surface area contributed by atoms with Gasteiger partial charge in [-0.2, -0.15) is 0 Å². The van der Waals surface area contributed by atoms with E-state index in [0.717, 1.165) is 6.54 Å². The first-order valence-corrected chi connectivity index (χ1v) is 4.63. The minimum atomic E-state index is 0.472. The Balaban J connectivity index is 2.41. The van der Waals surface area contributed by atoms with Crippen molar-refractivity contribution in [3.63, 3.8) is 0 Å². The van der Waals surface area contributed by atoms with Crippen LogP contribution in [0.4, 0.5) is 11.4 Å². The van der Waals surface area contributed by atoms with E-state index in [1.165, 1.54) is 16.9 Å². The van der Waals surface area contributed by atoms with E-state index in [0.29, 0.717) is 12.6 Å². The fraction of sp³-hybridized carbons (Fsp3) is 0.400. The minimum absolute atomic E-state index is 0.472. The Kier molecular flexibility index (Phi) is 2.10. The summed E-state index contributed by atoms with van der Waals surface area (Å²) in [4.78, 5) is 0. The van der Waals surface area contributed by atoms with Crippen molar-refractivity contribution in [3.8, 4) is 0 Å². The van der Waals surface area contributed by atoms with E-state index in [1.54, 1.807) is 0 Å². The Morgan fingerprint density at radius 1 is 1.54 bits per heavy atom. The molecular formula is C10H15N3. The summed E-state index contributed by atoms with van der Waals surface area (Å²) in [5, 5.41) is 6.81. The molecule has 1 aromatic carbocycles. The maximum Gasteiger partial charge on any atom is 0.0624 e. The van der Waals surface area contributed by atoms with Crippen LogP contribution in [0.2, 0.25) is 0 Å². The smallest absolute Gasteiger partial charge is 0.0624 e. The van der Waals surface area contributed by atoms with Crippen molar-refractivity contribution in [1.82, 2.24) is 0 Å². The quantitative estimate of drug-likeness (QED) is 0.607. The first-order chi connectivity index (χ1) is 6.31. The standard InChI is InChI=1S/C10H15N3/c1-7-6-12-9-4-2-3-8(5-11)10(9)13-7/h2-4,7,12-13H,5-6,11H2,1H3. The zero-order chi connectivity index (χ0) is 9.26. The largest absolute Gasteiger partial charge is 0.381 e. The summed E-state index contributed by atoms with van der Waals surface area (Å²) in [5.41, 5.74) is 9.17. The number of nitrogens with two attached hydrogens (primary N) is 1.